The van der Waals surface area contributed by atoms with Crippen LogP contribution >= 0.6 is 0 Å². The topological polar surface area (TPSA) is 135 Å². The Balaban J connectivity index is 1.20. The number of aromatic nitrogens is 1. The summed E-state index contributed by atoms with van der Waals surface area (Å²) in [6.45, 7) is 20.1. The van der Waals surface area contributed by atoms with Crippen molar-refractivity contribution in [1.82, 2.24) is 14.8 Å². The first-order chi connectivity index (χ1) is 37.3. The van der Waals surface area contributed by atoms with Gasteiger partial charge in [-0.25, -0.2) is 9.79 Å². The van der Waals surface area contributed by atoms with Gasteiger partial charge in [0.05, 0.1) is 38.8 Å². The van der Waals surface area contributed by atoms with E-state index in [1.807, 2.05) is 49.5 Å². The second kappa shape index (κ2) is 19.5. The van der Waals surface area contributed by atoms with Gasteiger partial charge in [0, 0.05) is 102 Å². The molecule has 0 amide bonds. The first-order valence-electron chi connectivity index (χ1n) is 28.0. The summed E-state index contributed by atoms with van der Waals surface area (Å²) >= 11 is 0. The van der Waals surface area contributed by atoms with Gasteiger partial charge in [0.25, 0.3) is 0 Å². The highest BCUT2D eigenvalue weighted by molar-refractivity contribution is 6.74. The van der Waals surface area contributed by atoms with Crippen molar-refractivity contribution in [2.75, 3.05) is 59.5 Å². The summed E-state index contributed by atoms with van der Waals surface area (Å²) in [7, 11) is 3.67. The van der Waals surface area contributed by atoms with E-state index in [4.69, 9.17) is 28.4 Å². The number of carbonyl (C=O) groups excluding carboxylic acids is 3. The van der Waals surface area contributed by atoms with Crippen LogP contribution in [0.5, 0.6) is 5.75 Å². The van der Waals surface area contributed by atoms with Gasteiger partial charge in [0.1, 0.15) is 11.2 Å². The maximum absolute atomic E-state index is 16.0. The van der Waals surface area contributed by atoms with Crippen molar-refractivity contribution in [3.8, 4) is 5.75 Å². The van der Waals surface area contributed by atoms with Crippen LogP contribution in [0.15, 0.2) is 120 Å². The zero-order valence-corrected chi connectivity index (χ0v) is 48.6. The number of nitrogens with one attached hydrogen (secondary N) is 1. The summed E-state index contributed by atoms with van der Waals surface area (Å²) in [5.41, 5.74) is 5.20. The molecule has 1 N–H and O–H groups in total. The largest absolute Gasteiger partial charge is 0.496 e. The molecule has 6 heterocycles. The molecule has 4 aromatic carbocycles. The zero-order valence-electron chi connectivity index (χ0n) is 47.6. The van der Waals surface area contributed by atoms with Gasteiger partial charge in [0.15, 0.2) is 14.4 Å². The second-order valence-corrected chi connectivity index (χ2v) is 29.1. The average Bonchev–Trinajstić information content (AvgIpc) is 1.80. The van der Waals surface area contributed by atoms with Crippen LogP contribution in [0.1, 0.15) is 101 Å². The van der Waals surface area contributed by atoms with E-state index >= 15 is 9.59 Å². The predicted molar refractivity (Wildman–Crippen MR) is 308 cm³/mol. The maximum Gasteiger partial charge on any atom is 0.343 e. The smallest absolute Gasteiger partial charge is 0.343 e. The quantitative estimate of drug-likeness (QED) is 0.0421. The molecule has 5 aliphatic heterocycles. The van der Waals surface area contributed by atoms with Crippen LogP contribution in [-0.2, 0) is 50.4 Å². The number of rotatable bonds is 12. The maximum atomic E-state index is 16.0. The Kier molecular flexibility index (Phi) is 13.4. The van der Waals surface area contributed by atoms with Crippen molar-refractivity contribution >= 4 is 54.2 Å². The number of carbonyl (C=O) groups is 3. The van der Waals surface area contributed by atoms with Crippen molar-refractivity contribution in [1.29, 1.82) is 0 Å². The van der Waals surface area contributed by atoms with Crippen LogP contribution in [0, 0.1) is 11.3 Å². The fourth-order valence-corrected chi connectivity index (χ4v) is 16.7. The fourth-order valence-electron chi connectivity index (χ4n) is 15.3. The minimum Gasteiger partial charge on any atom is -0.496 e. The van der Waals surface area contributed by atoms with Gasteiger partial charge in [-0.15, -0.1) is 0 Å². The standard InChI is InChI=1S/C64H77N5O8Si/c1-13-41-32-42-36-63(58(71)74-9,54-47(39-68(37-41)38-42)46-33-45(26-27-50(46)66-54)65-53(43-22-17-15-18-23-43)44-24-19-16-20-25-44)49-34-48-51(35-52(49)73-8)67(7)56-62(48)29-31-69-30-21-28-61(14-2,55(62)69)57(76-40(3)70)64(56,59(72)75-10)77-78(11,12)60(4,5)6/h15-28,32-35,42,55-57,66H,13-14,29-31,36-39H2,1-12H3/t42-,55+,56-,57-,61-,62?,63+,64+/m1/s1. The van der Waals surface area contributed by atoms with Crippen LogP contribution in [0.3, 0.4) is 0 Å². The first-order valence-corrected chi connectivity index (χ1v) is 30.9. The second-order valence-electron chi connectivity index (χ2n) is 24.4. The van der Waals surface area contributed by atoms with Crippen molar-refractivity contribution in [2.45, 2.75) is 127 Å². The number of hydrogen-bond donors (Lipinski definition) is 1. The van der Waals surface area contributed by atoms with E-state index in [-0.39, 0.29) is 17.0 Å². The predicted octanol–water partition coefficient (Wildman–Crippen LogP) is 11.0. The lowest BCUT2D eigenvalue weighted by Crippen LogP contribution is -2.83. The van der Waals surface area contributed by atoms with Gasteiger partial charge < -0.3 is 33.3 Å². The molecule has 78 heavy (non-hydrogen) atoms. The minimum absolute atomic E-state index is 0.0271. The third kappa shape index (κ3) is 7.84. The molecule has 1 aromatic heterocycles. The number of H-pyrrole nitrogens is 1. The highest BCUT2D eigenvalue weighted by Gasteiger charge is 2.82. The molecule has 11 rings (SSSR count). The summed E-state index contributed by atoms with van der Waals surface area (Å²) in [6.07, 6.45) is 8.19. The number of aliphatic imine (C=N–C) groups is 1. The molecule has 1 aliphatic carbocycles. The first kappa shape index (κ1) is 53.7. The van der Waals surface area contributed by atoms with E-state index in [9.17, 15) is 4.79 Å². The van der Waals surface area contributed by atoms with E-state index in [0.717, 1.165) is 75.4 Å². The van der Waals surface area contributed by atoms with E-state index in [0.29, 0.717) is 50.2 Å². The Hall–Kier alpha value is -6.32. The number of benzene rings is 4. The number of nitrogens with zero attached hydrogens (tertiary/aromatic N) is 4. The fraction of sp³-hybridized carbons (Fsp3) is 0.469. The molecule has 2 bridgehead atoms. The van der Waals surface area contributed by atoms with Crippen LogP contribution < -0.4 is 9.64 Å². The molecule has 1 saturated heterocycles. The number of esters is 3. The number of methoxy groups -OCH3 is 3. The normalized spacial score (nSPS) is 29.0. The minimum atomic E-state index is -2.95. The Morgan fingerprint density at radius 1 is 0.859 bits per heavy atom. The number of hydrogen-bond acceptors (Lipinski definition) is 12. The number of likely N-dealkylation sites (N-methyl/N-ethyl adjacent to an activating group) is 1. The molecule has 410 valence electrons. The summed E-state index contributed by atoms with van der Waals surface area (Å²) in [6, 6.07) is 30.2. The SMILES string of the molecule is CCC1=C[C@H]2CN(C1)Cc1c([nH]c3ccc(N=C(c4ccccc4)c4ccccc4)cc13)[C@@](C(=O)OC)(c1cc3c(cc1OC)N(C)[C@@H]1C34CCN3CC=C[C@](CC)([C@H]34)[C@@H](OC(C)=O)[C@]1(O[Si](C)(C)C(C)(C)C)C(=O)OC)C2. The van der Waals surface area contributed by atoms with Crippen molar-refractivity contribution < 1.29 is 37.8 Å². The summed E-state index contributed by atoms with van der Waals surface area (Å²) < 4.78 is 33.4. The van der Waals surface area contributed by atoms with Crippen LogP contribution in [-0.4, -0.2) is 125 Å². The third-order valence-electron chi connectivity index (χ3n) is 19.4. The van der Waals surface area contributed by atoms with Crippen LogP contribution in [0.2, 0.25) is 18.1 Å². The zero-order chi connectivity index (χ0) is 55.3. The molecule has 9 atom stereocenters. The number of ether oxygens (including phenoxy) is 4. The molecule has 6 aliphatic rings. The lowest BCUT2D eigenvalue weighted by Gasteiger charge is -2.66. The number of aromatic amines is 1. The molecule has 1 saturated carbocycles. The molecule has 2 unspecified atom stereocenters. The van der Waals surface area contributed by atoms with Crippen molar-refractivity contribution in [3.05, 3.63) is 148 Å². The van der Waals surface area contributed by atoms with E-state index in [2.05, 4.69) is 134 Å². The van der Waals surface area contributed by atoms with Crippen molar-refractivity contribution in [2.24, 2.45) is 16.3 Å². The van der Waals surface area contributed by atoms with Gasteiger partial charge in [-0.05, 0) is 91.7 Å². The van der Waals surface area contributed by atoms with E-state index in [1.165, 1.54) is 26.7 Å². The van der Waals surface area contributed by atoms with Gasteiger partial charge in [-0.3, -0.25) is 19.4 Å². The third-order valence-corrected chi connectivity index (χ3v) is 23.8. The highest BCUT2D eigenvalue weighted by Crippen LogP contribution is 2.69. The molecule has 5 aromatic rings. The van der Waals surface area contributed by atoms with Gasteiger partial charge in [0.2, 0.25) is 5.60 Å². The van der Waals surface area contributed by atoms with Crippen molar-refractivity contribution in [3.63, 3.8) is 0 Å². The molecular weight excluding hydrogens is 995 g/mol. The number of fused-ring (bicyclic) bond motifs is 6. The molecule has 0 radical (unpaired) electrons. The van der Waals surface area contributed by atoms with Gasteiger partial charge in [-0.2, -0.15) is 0 Å². The Morgan fingerprint density at radius 2 is 1.55 bits per heavy atom. The van der Waals surface area contributed by atoms with Crippen LogP contribution in [0.4, 0.5) is 11.4 Å². The molecule has 2 fully saturated rings. The van der Waals surface area contributed by atoms with E-state index < -0.39 is 60.2 Å². The number of anilines is 1. The Labute approximate surface area is 461 Å². The summed E-state index contributed by atoms with van der Waals surface area (Å²) in [4.78, 5) is 62.0. The van der Waals surface area contributed by atoms with Gasteiger partial charge in [-0.1, -0.05) is 119 Å². The molecule has 1 spiro atoms. The Morgan fingerprint density at radius 3 is 2.17 bits per heavy atom. The monoisotopic (exact) mass is 1070 g/mol. The van der Waals surface area contributed by atoms with Crippen LogP contribution in [0.25, 0.3) is 10.9 Å². The van der Waals surface area contributed by atoms with E-state index in [1.54, 1.807) is 7.11 Å². The average molecular weight is 1070 g/mol. The summed E-state index contributed by atoms with van der Waals surface area (Å²) in [5.74, 6) is -0.972. The van der Waals surface area contributed by atoms with Gasteiger partial charge >= 0.3 is 17.9 Å². The highest BCUT2D eigenvalue weighted by atomic mass is 28.4. The molecular formula is C64H77N5O8Si. The Bertz CT molecular complexity index is 3250. The summed E-state index contributed by atoms with van der Waals surface area (Å²) in [5, 5.41) is 0.623. The molecule has 13 nitrogen and oxygen atoms in total. The lowest BCUT2D eigenvalue weighted by atomic mass is 9.47. The molecule has 14 heteroatoms. The lowest BCUT2D eigenvalue weighted by molar-refractivity contribution is -0.224.